The van der Waals surface area contributed by atoms with Crippen molar-refractivity contribution in [2.45, 2.75) is 13.0 Å². The van der Waals surface area contributed by atoms with E-state index in [9.17, 15) is 9.50 Å². The summed E-state index contributed by atoms with van der Waals surface area (Å²) in [5, 5.41) is 9.68. The topological polar surface area (TPSA) is 29.5 Å². The average molecular weight is 346 g/mol. The van der Waals surface area contributed by atoms with Gasteiger partial charge in [-0.15, -0.1) is 0 Å². The smallest absolute Gasteiger partial charge is 0.145 e. The molecule has 0 unspecified atom stereocenters. The first-order valence-electron chi connectivity index (χ1n) is 5.58. The normalized spacial score (nSPS) is 12.3. The quantitative estimate of drug-likeness (QED) is 0.785. The summed E-state index contributed by atoms with van der Waals surface area (Å²) in [5.41, 5.74) is 0.629. The molecule has 0 saturated heterocycles. The van der Waals surface area contributed by atoms with Gasteiger partial charge in [0.2, 0.25) is 0 Å². The lowest BCUT2D eigenvalue weighted by Gasteiger charge is -2.14. The van der Waals surface area contributed by atoms with Crippen LogP contribution in [0.25, 0.3) is 0 Å². The van der Waals surface area contributed by atoms with Crippen molar-refractivity contribution in [3.63, 3.8) is 0 Å². The van der Waals surface area contributed by atoms with Crippen molar-refractivity contribution in [1.29, 1.82) is 0 Å². The lowest BCUT2D eigenvalue weighted by atomic mass is 10.1. The second-order valence-electron chi connectivity index (χ2n) is 4.01. The van der Waals surface area contributed by atoms with Crippen LogP contribution in [0.2, 0.25) is 5.02 Å². The first-order chi connectivity index (χ1) is 8.99. The van der Waals surface area contributed by atoms with E-state index < -0.39 is 11.9 Å². The average Bonchev–Trinajstić information content (AvgIpc) is 2.36. The van der Waals surface area contributed by atoms with Gasteiger partial charge in [0.05, 0.1) is 15.6 Å². The lowest BCUT2D eigenvalue weighted by Crippen LogP contribution is -1.96. The van der Waals surface area contributed by atoms with E-state index >= 15 is 0 Å². The summed E-state index contributed by atoms with van der Waals surface area (Å²) < 4.78 is 19.6. The molecule has 0 radical (unpaired) electrons. The predicted octanol–water partition coefficient (Wildman–Crippen LogP) is 5.09. The van der Waals surface area contributed by atoms with Crippen molar-refractivity contribution in [3.8, 4) is 11.5 Å². The summed E-state index contributed by atoms with van der Waals surface area (Å²) >= 11 is 8.93. The zero-order valence-electron chi connectivity index (χ0n) is 10.0. The highest BCUT2D eigenvalue weighted by Gasteiger charge is 2.13. The largest absolute Gasteiger partial charge is 0.456 e. The van der Waals surface area contributed by atoms with Gasteiger partial charge < -0.3 is 9.84 Å². The van der Waals surface area contributed by atoms with E-state index in [0.29, 0.717) is 21.5 Å². The summed E-state index contributed by atoms with van der Waals surface area (Å²) in [6.07, 6.45) is -0.674. The van der Waals surface area contributed by atoms with Gasteiger partial charge in [-0.05, 0) is 35.0 Å². The molecule has 0 heterocycles. The number of ether oxygens (including phenoxy) is 1. The number of halogens is 3. The Morgan fingerprint density at radius 1 is 1.26 bits per heavy atom. The fourth-order valence-corrected chi connectivity index (χ4v) is 2.34. The van der Waals surface area contributed by atoms with Crippen molar-refractivity contribution >= 4 is 27.5 Å². The second kappa shape index (κ2) is 5.90. The minimum atomic E-state index is -0.674. The Bertz CT molecular complexity index is 602. The number of rotatable bonds is 3. The van der Waals surface area contributed by atoms with Crippen LogP contribution in [-0.4, -0.2) is 5.11 Å². The van der Waals surface area contributed by atoms with Gasteiger partial charge in [-0.1, -0.05) is 29.8 Å². The zero-order chi connectivity index (χ0) is 14.0. The van der Waals surface area contributed by atoms with Gasteiger partial charge in [-0.3, -0.25) is 0 Å². The molecule has 1 atom stereocenters. The monoisotopic (exact) mass is 344 g/mol. The molecule has 0 bridgehead atoms. The molecule has 100 valence electrons. The maximum absolute atomic E-state index is 13.4. The Hall–Kier alpha value is -1.10. The Labute approximate surface area is 123 Å². The summed E-state index contributed by atoms with van der Waals surface area (Å²) in [6.45, 7) is 1.64. The fourth-order valence-electron chi connectivity index (χ4n) is 1.62. The molecule has 0 fully saturated rings. The third kappa shape index (κ3) is 3.26. The van der Waals surface area contributed by atoms with E-state index in [4.69, 9.17) is 16.3 Å². The van der Waals surface area contributed by atoms with E-state index in [0.717, 1.165) is 0 Å². The predicted molar refractivity (Wildman–Crippen MR) is 76.3 cm³/mol. The van der Waals surface area contributed by atoms with Gasteiger partial charge in [0, 0.05) is 11.6 Å². The Morgan fingerprint density at radius 2 is 1.95 bits per heavy atom. The molecule has 2 aromatic carbocycles. The molecule has 0 aromatic heterocycles. The number of hydrogen-bond donors (Lipinski definition) is 1. The van der Waals surface area contributed by atoms with Gasteiger partial charge in [0.15, 0.2) is 0 Å². The molecule has 2 nitrogen and oxygen atoms in total. The number of hydrogen-bond acceptors (Lipinski definition) is 2. The maximum atomic E-state index is 13.4. The van der Waals surface area contributed by atoms with Gasteiger partial charge >= 0.3 is 0 Å². The maximum Gasteiger partial charge on any atom is 0.145 e. The molecular formula is C14H11BrClFO2. The number of benzene rings is 2. The number of aliphatic hydroxyl groups is 1. The highest BCUT2D eigenvalue weighted by Crippen LogP contribution is 2.36. The molecule has 5 heteroatoms. The van der Waals surface area contributed by atoms with Gasteiger partial charge in [-0.25, -0.2) is 4.39 Å². The van der Waals surface area contributed by atoms with Crippen LogP contribution in [0.15, 0.2) is 40.9 Å². The van der Waals surface area contributed by atoms with Crippen LogP contribution in [0.3, 0.4) is 0 Å². The molecule has 19 heavy (non-hydrogen) atoms. The summed E-state index contributed by atoms with van der Waals surface area (Å²) in [6, 6.07) is 9.66. The highest BCUT2D eigenvalue weighted by atomic mass is 79.9. The molecule has 0 amide bonds. The third-order valence-corrected chi connectivity index (χ3v) is 3.47. The molecular weight excluding hydrogens is 335 g/mol. The van der Waals surface area contributed by atoms with E-state index in [1.807, 2.05) is 0 Å². The Kier molecular flexibility index (Phi) is 4.45. The molecule has 0 saturated carbocycles. The van der Waals surface area contributed by atoms with E-state index in [1.165, 1.54) is 12.1 Å². The molecule has 0 spiro atoms. The van der Waals surface area contributed by atoms with Crippen molar-refractivity contribution < 1.29 is 14.2 Å². The Balaban J connectivity index is 2.39. The highest BCUT2D eigenvalue weighted by molar-refractivity contribution is 9.10. The first-order valence-corrected chi connectivity index (χ1v) is 6.75. The molecule has 2 aromatic rings. The molecule has 0 aliphatic heterocycles. The van der Waals surface area contributed by atoms with E-state index in [2.05, 4.69) is 15.9 Å². The van der Waals surface area contributed by atoms with Crippen molar-refractivity contribution in [3.05, 3.63) is 57.3 Å². The van der Waals surface area contributed by atoms with Crippen LogP contribution in [0.1, 0.15) is 18.6 Å². The molecule has 0 aliphatic rings. The summed E-state index contributed by atoms with van der Waals surface area (Å²) in [5.74, 6) is 0.212. The summed E-state index contributed by atoms with van der Waals surface area (Å²) in [7, 11) is 0. The second-order valence-corrected chi connectivity index (χ2v) is 5.27. The zero-order valence-corrected chi connectivity index (χ0v) is 12.4. The minimum Gasteiger partial charge on any atom is -0.456 e. The lowest BCUT2D eigenvalue weighted by molar-refractivity contribution is 0.195. The first kappa shape index (κ1) is 14.3. The number of para-hydroxylation sites is 1. The van der Waals surface area contributed by atoms with Crippen molar-refractivity contribution in [2.75, 3.05) is 0 Å². The minimum absolute atomic E-state index is 0.0167. The van der Waals surface area contributed by atoms with Crippen LogP contribution in [0.4, 0.5) is 4.39 Å². The number of aliphatic hydroxyl groups excluding tert-OH is 1. The molecule has 2 rings (SSSR count). The standard InChI is InChI=1S/C14H11BrClFO2/c1-8(18)9-4-2-3-5-13(9)19-14-7-12(17)11(16)6-10(14)15/h2-8,18H,1H3/t8-/m1/s1. The van der Waals surface area contributed by atoms with E-state index in [1.54, 1.807) is 31.2 Å². The van der Waals surface area contributed by atoms with E-state index in [-0.39, 0.29) is 5.02 Å². The fraction of sp³-hybridized carbons (Fsp3) is 0.143. The van der Waals surface area contributed by atoms with Gasteiger partial charge in [0.25, 0.3) is 0 Å². The molecule has 1 N–H and O–H groups in total. The van der Waals surface area contributed by atoms with Gasteiger partial charge in [-0.2, -0.15) is 0 Å². The van der Waals surface area contributed by atoms with Crippen molar-refractivity contribution in [1.82, 2.24) is 0 Å². The summed E-state index contributed by atoms with van der Waals surface area (Å²) in [4.78, 5) is 0. The Morgan fingerprint density at radius 3 is 2.63 bits per heavy atom. The molecule has 0 aliphatic carbocycles. The van der Waals surface area contributed by atoms with Crippen LogP contribution < -0.4 is 4.74 Å². The SMILES string of the molecule is C[C@@H](O)c1ccccc1Oc1cc(F)c(Cl)cc1Br. The van der Waals surface area contributed by atoms with Crippen LogP contribution >= 0.6 is 27.5 Å². The van der Waals surface area contributed by atoms with Crippen LogP contribution in [0, 0.1) is 5.82 Å². The van der Waals surface area contributed by atoms with Crippen LogP contribution in [0.5, 0.6) is 11.5 Å². The van der Waals surface area contributed by atoms with Crippen molar-refractivity contribution in [2.24, 2.45) is 0 Å². The van der Waals surface area contributed by atoms with Gasteiger partial charge in [0.1, 0.15) is 17.3 Å². The van der Waals surface area contributed by atoms with Crippen LogP contribution in [-0.2, 0) is 0 Å². The third-order valence-electron chi connectivity index (χ3n) is 2.56.